The lowest BCUT2D eigenvalue weighted by Gasteiger charge is -2.37. The molecular weight excluding hydrogens is 180 g/mol. The van der Waals surface area contributed by atoms with Crippen LogP contribution in [0.25, 0.3) is 0 Å². The molecule has 0 aromatic carbocycles. The van der Waals surface area contributed by atoms with E-state index in [4.69, 9.17) is 5.11 Å². The molecule has 1 aliphatic rings. The van der Waals surface area contributed by atoms with Gasteiger partial charge >= 0.3 is 6.09 Å². The maximum Gasteiger partial charge on any atom is 0.408 e. The van der Waals surface area contributed by atoms with E-state index < -0.39 is 6.09 Å². The smallest absolute Gasteiger partial charge is 0.408 e. The number of hydrogen-bond acceptors (Lipinski definition) is 2. The van der Waals surface area contributed by atoms with Crippen molar-refractivity contribution in [3.63, 3.8) is 0 Å². The summed E-state index contributed by atoms with van der Waals surface area (Å²) in [6.45, 7) is 8.66. The van der Waals surface area contributed by atoms with Gasteiger partial charge in [-0.25, -0.2) is 4.79 Å². The fourth-order valence-electron chi connectivity index (χ4n) is 2.10. The van der Waals surface area contributed by atoms with E-state index in [1.165, 1.54) is 0 Å². The minimum absolute atomic E-state index is 0.113. The minimum atomic E-state index is -0.821. The van der Waals surface area contributed by atoms with Crippen molar-refractivity contribution in [1.82, 2.24) is 10.2 Å². The normalized spacial score (nSPS) is 27.7. The summed E-state index contributed by atoms with van der Waals surface area (Å²) in [5, 5.41) is 12.4. The average Bonchev–Trinajstić information content (AvgIpc) is 2.31. The van der Waals surface area contributed by atoms with Gasteiger partial charge in [0.05, 0.1) is 0 Å². The highest BCUT2D eigenvalue weighted by atomic mass is 16.4. The zero-order valence-corrected chi connectivity index (χ0v) is 9.37. The first-order valence-electron chi connectivity index (χ1n) is 5.08. The third kappa shape index (κ3) is 2.38. The topological polar surface area (TPSA) is 52.6 Å². The number of rotatable bonds is 1. The Labute approximate surface area is 85.3 Å². The number of amides is 1. The first-order valence-corrected chi connectivity index (χ1v) is 5.08. The molecule has 1 heterocycles. The van der Waals surface area contributed by atoms with Gasteiger partial charge in [-0.2, -0.15) is 0 Å². The van der Waals surface area contributed by atoms with Crippen molar-refractivity contribution in [3.05, 3.63) is 0 Å². The van der Waals surface area contributed by atoms with E-state index >= 15 is 0 Å². The zero-order valence-electron chi connectivity index (χ0n) is 9.37. The Kier molecular flexibility index (Phi) is 3.04. The molecule has 0 aromatic heterocycles. The second-order valence-corrected chi connectivity index (χ2v) is 5.02. The third-order valence-corrected chi connectivity index (χ3v) is 2.62. The monoisotopic (exact) mass is 200 g/mol. The Bertz CT molecular complexity index is 223. The predicted octanol–water partition coefficient (Wildman–Crippen LogP) is 1.52. The summed E-state index contributed by atoms with van der Waals surface area (Å²) in [7, 11) is 0. The molecule has 0 aromatic rings. The molecule has 1 amide bonds. The molecule has 1 fully saturated rings. The Hall–Kier alpha value is -0.770. The molecule has 0 aliphatic carbocycles. The summed E-state index contributed by atoms with van der Waals surface area (Å²) in [5.41, 5.74) is -0.317. The first-order chi connectivity index (χ1) is 6.32. The van der Waals surface area contributed by atoms with E-state index in [1.807, 2.05) is 20.8 Å². The van der Waals surface area contributed by atoms with E-state index in [0.717, 1.165) is 13.0 Å². The SMILES string of the molecule is C[C@H]1C[C@H](N(C(=O)O)C(C)(C)C)CN1. The highest BCUT2D eigenvalue weighted by Gasteiger charge is 2.36. The van der Waals surface area contributed by atoms with E-state index in [2.05, 4.69) is 12.2 Å². The van der Waals surface area contributed by atoms with Gasteiger partial charge < -0.3 is 10.4 Å². The fourth-order valence-corrected chi connectivity index (χ4v) is 2.10. The highest BCUT2D eigenvalue weighted by molar-refractivity contribution is 5.66. The molecule has 0 saturated carbocycles. The first kappa shape index (κ1) is 11.3. The maximum absolute atomic E-state index is 11.1. The highest BCUT2D eigenvalue weighted by Crippen LogP contribution is 2.22. The third-order valence-electron chi connectivity index (χ3n) is 2.62. The van der Waals surface area contributed by atoms with E-state index in [0.29, 0.717) is 6.04 Å². The van der Waals surface area contributed by atoms with Crippen LogP contribution in [0.5, 0.6) is 0 Å². The lowest BCUT2D eigenvalue weighted by Crippen LogP contribution is -2.51. The number of hydrogen-bond donors (Lipinski definition) is 2. The van der Waals surface area contributed by atoms with Gasteiger partial charge in [0.2, 0.25) is 0 Å². The van der Waals surface area contributed by atoms with Crippen LogP contribution in [-0.4, -0.2) is 40.3 Å². The van der Waals surface area contributed by atoms with Crippen LogP contribution in [0.15, 0.2) is 0 Å². The molecule has 4 nitrogen and oxygen atoms in total. The fraction of sp³-hybridized carbons (Fsp3) is 0.900. The van der Waals surface area contributed by atoms with Crippen LogP contribution in [0.3, 0.4) is 0 Å². The van der Waals surface area contributed by atoms with Crippen LogP contribution in [0.4, 0.5) is 4.79 Å². The van der Waals surface area contributed by atoms with Crippen LogP contribution in [0.2, 0.25) is 0 Å². The van der Waals surface area contributed by atoms with Crippen molar-refractivity contribution < 1.29 is 9.90 Å². The van der Waals surface area contributed by atoms with Crippen LogP contribution in [-0.2, 0) is 0 Å². The molecule has 2 N–H and O–H groups in total. The molecule has 0 radical (unpaired) electrons. The van der Waals surface area contributed by atoms with Crippen LogP contribution >= 0.6 is 0 Å². The molecule has 14 heavy (non-hydrogen) atoms. The molecule has 0 bridgehead atoms. The molecule has 82 valence electrons. The average molecular weight is 200 g/mol. The summed E-state index contributed by atoms with van der Waals surface area (Å²) < 4.78 is 0. The van der Waals surface area contributed by atoms with Gasteiger partial charge in [-0.15, -0.1) is 0 Å². The molecule has 1 saturated heterocycles. The molecular formula is C10H20N2O2. The van der Waals surface area contributed by atoms with Crippen LogP contribution < -0.4 is 5.32 Å². The summed E-state index contributed by atoms with van der Waals surface area (Å²) in [4.78, 5) is 12.7. The van der Waals surface area contributed by atoms with Gasteiger partial charge in [0.1, 0.15) is 0 Å². The number of nitrogens with one attached hydrogen (secondary N) is 1. The molecule has 4 heteroatoms. The number of nitrogens with zero attached hydrogens (tertiary/aromatic N) is 1. The second kappa shape index (κ2) is 3.77. The Morgan fingerprint density at radius 3 is 2.36 bits per heavy atom. The summed E-state index contributed by atoms with van der Waals surface area (Å²) >= 11 is 0. The van der Waals surface area contributed by atoms with Gasteiger partial charge in [0.15, 0.2) is 0 Å². The minimum Gasteiger partial charge on any atom is -0.465 e. The van der Waals surface area contributed by atoms with Crippen molar-refractivity contribution >= 4 is 6.09 Å². The van der Waals surface area contributed by atoms with Gasteiger partial charge in [0.25, 0.3) is 0 Å². The van der Waals surface area contributed by atoms with Gasteiger partial charge in [-0.05, 0) is 34.1 Å². The lowest BCUT2D eigenvalue weighted by atomic mass is 10.0. The van der Waals surface area contributed by atoms with Crippen molar-refractivity contribution in [2.75, 3.05) is 6.54 Å². The van der Waals surface area contributed by atoms with Gasteiger partial charge in [-0.3, -0.25) is 4.90 Å². The Morgan fingerprint density at radius 1 is 1.50 bits per heavy atom. The maximum atomic E-state index is 11.1. The summed E-state index contributed by atoms with van der Waals surface area (Å²) in [5.74, 6) is 0. The van der Waals surface area contributed by atoms with Crippen molar-refractivity contribution in [2.45, 2.75) is 51.7 Å². The van der Waals surface area contributed by atoms with Crippen LogP contribution in [0.1, 0.15) is 34.1 Å². The molecule has 0 unspecified atom stereocenters. The summed E-state index contributed by atoms with van der Waals surface area (Å²) in [6.07, 6.45) is 0.0854. The van der Waals surface area contributed by atoms with E-state index in [1.54, 1.807) is 4.90 Å². The Morgan fingerprint density at radius 2 is 2.07 bits per heavy atom. The quantitative estimate of drug-likeness (QED) is 0.674. The van der Waals surface area contributed by atoms with E-state index in [-0.39, 0.29) is 11.6 Å². The van der Waals surface area contributed by atoms with Gasteiger partial charge in [-0.1, -0.05) is 0 Å². The predicted molar refractivity (Wildman–Crippen MR) is 55.5 cm³/mol. The standard InChI is InChI=1S/C10H20N2O2/c1-7-5-8(6-11-7)12(9(13)14)10(2,3)4/h7-8,11H,5-6H2,1-4H3,(H,13,14)/t7-,8-/m0/s1. The number of carboxylic acid groups (broad SMARTS) is 1. The number of carbonyl (C=O) groups is 1. The second-order valence-electron chi connectivity index (χ2n) is 5.02. The summed E-state index contributed by atoms with van der Waals surface area (Å²) in [6, 6.07) is 0.534. The van der Waals surface area contributed by atoms with Crippen molar-refractivity contribution in [1.29, 1.82) is 0 Å². The van der Waals surface area contributed by atoms with Crippen molar-refractivity contribution in [2.24, 2.45) is 0 Å². The van der Waals surface area contributed by atoms with Crippen molar-refractivity contribution in [3.8, 4) is 0 Å². The largest absolute Gasteiger partial charge is 0.465 e. The van der Waals surface area contributed by atoms with Gasteiger partial charge in [0, 0.05) is 24.2 Å². The van der Waals surface area contributed by atoms with E-state index in [9.17, 15) is 4.79 Å². The van der Waals surface area contributed by atoms with Crippen LogP contribution in [0, 0.1) is 0 Å². The molecule has 2 atom stereocenters. The molecule has 1 aliphatic heterocycles. The Balaban J connectivity index is 2.74. The zero-order chi connectivity index (χ0) is 10.9. The molecule has 1 rings (SSSR count). The lowest BCUT2D eigenvalue weighted by molar-refractivity contribution is 0.0752. The molecule has 0 spiro atoms.